The molecule has 0 radical (unpaired) electrons. The summed E-state index contributed by atoms with van der Waals surface area (Å²) in [6.45, 7) is 6.37. The van der Waals surface area contributed by atoms with Crippen LogP contribution in [0.3, 0.4) is 0 Å². The normalized spacial score (nSPS) is 13.5. The number of amides is 1. The molecule has 1 aromatic heterocycles. The predicted octanol–water partition coefficient (Wildman–Crippen LogP) is 3.30. The van der Waals surface area contributed by atoms with Crippen molar-refractivity contribution in [1.82, 2.24) is 20.5 Å². The van der Waals surface area contributed by atoms with Crippen molar-refractivity contribution in [2.75, 3.05) is 45.2 Å². The Labute approximate surface area is 208 Å². The number of aliphatic imine (C=N–C) groups is 1. The quantitative estimate of drug-likeness (QED) is 0.300. The second-order valence-corrected chi connectivity index (χ2v) is 7.99. The standard InChI is InChI=1S/C24H34N6O.HI/c1-4-25-24(26-13-12-19-8-7-9-21(16-19)23(31)29(2)3)28-18-20-10-11-22(27-17-20)30-14-5-6-15-30;/h7-11,16-17H,4-6,12-15,18H2,1-3H3,(H2,25,26,28);1H. The molecule has 0 spiro atoms. The van der Waals surface area contributed by atoms with Crippen molar-refractivity contribution in [3.05, 3.63) is 59.3 Å². The van der Waals surface area contributed by atoms with Crippen molar-refractivity contribution >= 4 is 41.7 Å². The summed E-state index contributed by atoms with van der Waals surface area (Å²) < 4.78 is 0. The van der Waals surface area contributed by atoms with Crippen molar-refractivity contribution in [1.29, 1.82) is 0 Å². The highest BCUT2D eigenvalue weighted by molar-refractivity contribution is 14.0. The van der Waals surface area contributed by atoms with Crippen LogP contribution in [0.4, 0.5) is 5.82 Å². The van der Waals surface area contributed by atoms with Crippen LogP contribution >= 0.6 is 24.0 Å². The molecule has 8 heteroatoms. The fourth-order valence-corrected chi connectivity index (χ4v) is 3.60. The molecular formula is C24H35IN6O. The summed E-state index contributed by atoms with van der Waals surface area (Å²) in [6.07, 6.45) is 5.24. The third-order valence-electron chi connectivity index (χ3n) is 5.29. The molecule has 1 fully saturated rings. The van der Waals surface area contributed by atoms with Gasteiger partial charge in [0.1, 0.15) is 5.82 Å². The monoisotopic (exact) mass is 550 g/mol. The molecule has 0 saturated carbocycles. The van der Waals surface area contributed by atoms with Crippen LogP contribution in [0.25, 0.3) is 0 Å². The smallest absolute Gasteiger partial charge is 0.253 e. The summed E-state index contributed by atoms with van der Waals surface area (Å²) in [7, 11) is 3.54. The molecule has 1 saturated heterocycles. The van der Waals surface area contributed by atoms with Gasteiger partial charge in [-0.2, -0.15) is 0 Å². The number of anilines is 1. The van der Waals surface area contributed by atoms with Gasteiger partial charge in [0.15, 0.2) is 5.96 Å². The highest BCUT2D eigenvalue weighted by Crippen LogP contribution is 2.17. The largest absolute Gasteiger partial charge is 0.357 e. The molecule has 1 aromatic carbocycles. The van der Waals surface area contributed by atoms with Crippen LogP contribution < -0.4 is 15.5 Å². The highest BCUT2D eigenvalue weighted by atomic mass is 127. The number of hydrogen-bond acceptors (Lipinski definition) is 4. The molecule has 32 heavy (non-hydrogen) atoms. The van der Waals surface area contributed by atoms with Gasteiger partial charge in [-0.25, -0.2) is 9.98 Å². The highest BCUT2D eigenvalue weighted by Gasteiger charge is 2.13. The number of pyridine rings is 1. The van der Waals surface area contributed by atoms with Gasteiger partial charge in [-0.15, -0.1) is 24.0 Å². The molecule has 0 bridgehead atoms. The summed E-state index contributed by atoms with van der Waals surface area (Å²) >= 11 is 0. The van der Waals surface area contributed by atoms with Crippen LogP contribution in [-0.4, -0.2) is 62.0 Å². The lowest BCUT2D eigenvalue weighted by molar-refractivity contribution is 0.0827. The van der Waals surface area contributed by atoms with Gasteiger partial charge in [0.25, 0.3) is 5.91 Å². The third-order valence-corrected chi connectivity index (χ3v) is 5.29. The maximum atomic E-state index is 12.2. The third kappa shape index (κ3) is 7.65. The molecular weight excluding hydrogens is 515 g/mol. The second kappa shape index (κ2) is 13.2. The zero-order valence-corrected chi connectivity index (χ0v) is 21.6. The van der Waals surface area contributed by atoms with Crippen LogP contribution in [0.2, 0.25) is 0 Å². The lowest BCUT2D eigenvalue weighted by atomic mass is 10.1. The molecule has 2 N–H and O–H groups in total. The Morgan fingerprint density at radius 1 is 1.12 bits per heavy atom. The Balaban J connectivity index is 0.00000363. The molecule has 1 amide bonds. The van der Waals surface area contributed by atoms with Gasteiger partial charge >= 0.3 is 0 Å². The first-order chi connectivity index (χ1) is 15.1. The summed E-state index contributed by atoms with van der Waals surface area (Å²) in [5.74, 6) is 1.87. The fraction of sp³-hybridized carbons (Fsp3) is 0.458. The Hall–Kier alpha value is -2.36. The van der Waals surface area contributed by atoms with Gasteiger partial charge in [0.05, 0.1) is 6.54 Å². The number of rotatable bonds is 8. The molecule has 1 aliphatic heterocycles. The van der Waals surface area contributed by atoms with Crippen molar-refractivity contribution in [3.8, 4) is 0 Å². The summed E-state index contributed by atoms with van der Waals surface area (Å²) in [6, 6.07) is 12.0. The zero-order valence-electron chi connectivity index (χ0n) is 19.3. The van der Waals surface area contributed by atoms with E-state index in [-0.39, 0.29) is 29.9 Å². The van der Waals surface area contributed by atoms with Crippen molar-refractivity contribution in [2.24, 2.45) is 4.99 Å². The van der Waals surface area contributed by atoms with Crippen molar-refractivity contribution < 1.29 is 4.79 Å². The van der Waals surface area contributed by atoms with Crippen LogP contribution in [0, 0.1) is 0 Å². The molecule has 0 atom stereocenters. The number of guanidine groups is 1. The van der Waals surface area contributed by atoms with E-state index < -0.39 is 0 Å². The first-order valence-corrected chi connectivity index (χ1v) is 11.1. The van der Waals surface area contributed by atoms with Gasteiger partial charge in [-0.1, -0.05) is 18.2 Å². The number of carbonyl (C=O) groups excluding carboxylic acids is 1. The molecule has 2 heterocycles. The van der Waals surface area contributed by atoms with Gasteiger partial charge in [-0.05, 0) is 55.5 Å². The maximum absolute atomic E-state index is 12.2. The molecule has 7 nitrogen and oxygen atoms in total. The zero-order chi connectivity index (χ0) is 22.1. The second-order valence-electron chi connectivity index (χ2n) is 7.99. The predicted molar refractivity (Wildman–Crippen MR) is 142 cm³/mol. The number of halogens is 1. The summed E-state index contributed by atoms with van der Waals surface area (Å²) in [5, 5.41) is 6.67. The summed E-state index contributed by atoms with van der Waals surface area (Å²) in [4.78, 5) is 25.4. The average molecular weight is 550 g/mol. The van der Waals surface area contributed by atoms with Gasteiger partial charge in [-0.3, -0.25) is 4.79 Å². The van der Waals surface area contributed by atoms with E-state index in [0.29, 0.717) is 12.1 Å². The lowest BCUT2D eigenvalue weighted by Crippen LogP contribution is -2.38. The van der Waals surface area contributed by atoms with Crippen LogP contribution in [-0.2, 0) is 13.0 Å². The molecule has 1 aliphatic rings. The number of benzene rings is 1. The Bertz CT molecular complexity index is 878. The SMILES string of the molecule is CCNC(=NCc1ccc(N2CCCC2)nc1)NCCc1cccc(C(=O)N(C)C)c1.I. The van der Waals surface area contributed by atoms with E-state index in [1.54, 1.807) is 19.0 Å². The average Bonchev–Trinajstić information content (AvgIpc) is 3.32. The molecule has 0 aliphatic carbocycles. The first kappa shape index (κ1) is 25.9. The van der Waals surface area contributed by atoms with Crippen LogP contribution in [0.5, 0.6) is 0 Å². The molecule has 174 valence electrons. The molecule has 2 aromatic rings. The number of nitrogens with one attached hydrogen (secondary N) is 2. The topological polar surface area (TPSA) is 72.9 Å². The van der Waals surface area contributed by atoms with Crippen molar-refractivity contribution in [3.63, 3.8) is 0 Å². The van der Waals surface area contributed by atoms with Gasteiger partial charge < -0.3 is 20.4 Å². The van der Waals surface area contributed by atoms with E-state index in [1.807, 2.05) is 30.5 Å². The minimum Gasteiger partial charge on any atom is -0.357 e. The van der Waals surface area contributed by atoms with E-state index in [1.165, 1.54) is 12.8 Å². The number of hydrogen-bond donors (Lipinski definition) is 2. The van der Waals surface area contributed by atoms with Crippen LogP contribution in [0.1, 0.15) is 41.3 Å². The maximum Gasteiger partial charge on any atom is 0.253 e. The fourth-order valence-electron chi connectivity index (χ4n) is 3.60. The minimum atomic E-state index is 0. The van der Waals surface area contributed by atoms with E-state index in [9.17, 15) is 4.79 Å². The molecule has 3 rings (SSSR count). The van der Waals surface area contributed by atoms with E-state index in [0.717, 1.165) is 55.5 Å². The Morgan fingerprint density at radius 2 is 1.91 bits per heavy atom. The van der Waals surface area contributed by atoms with E-state index in [4.69, 9.17) is 4.99 Å². The van der Waals surface area contributed by atoms with Crippen molar-refractivity contribution in [2.45, 2.75) is 32.7 Å². The lowest BCUT2D eigenvalue weighted by Gasteiger charge is -2.16. The van der Waals surface area contributed by atoms with Gasteiger partial charge in [0, 0.05) is 52.0 Å². The van der Waals surface area contributed by atoms with E-state index >= 15 is 0 Å². The number of aromatic nitrogens is 1. The number of nitrogens with zero attached hydrogens (tertiary/aromatic N) is 4. The van der Waals surface area contributed by atoms with E-state index in [2.05, 4.69) is 39.6 Å². The van der Waals surface area contributed by atoms with Gasteiger partial charge in [0.2, 0.25) is 0 Å². The Morgan fingerprint density at radius 3 is 2.56 bits per heavy atom. The first-order valence-electron chi connectivity index (χ1n) is 11.1. The Kier molecular flexibility index (Phi) is 10.7. The number of carbonyl (C=O) groups is 1. The minimum absolute atomic E-state index is 0. The van der Waals surface area contributed by atoms with Crippen LogP contribution in [0.15, 0.2) is 47.6 Å². The molecule has 0 unspecified atom stereocenters. The summed E-state index contributed by atoms with van der Waals surface area (Å²) in [5.41, 5.74) is 2.93.